The smallest absolute Gasteiger partial charge is 0.329 e. The van der Waals surface area contributed by atoms with Crippen LogP contribution in [0.25, 0.3) is 10.9 Å². The van der Waals surface area contributed by atoms with Gasteiger partial charge in [-0.05, 0) is 55.0 Å². The second kappa shape index (κ2) is 9.64. The first-order valence-electron chi connectivity index (χ1n) is 10.7. The Morgan fingerprint density at radius 1 is 1.03 bits per heavy atom. The fourth-order valence-electron chi connectivity index (χ4n) is 3.88. The predicted octanol–water partition coefficient (Wildman–Crippen LogP) is 2.68. The van der Waals surface area contributed by atoms with Crippen molar-refractivity contribution < 1.29 is 23.9 Å². The van der Waals surface area contributed by atoms with E-state index in [9.17, 15) is 14.4 Å². The number of fused-ring (bicyclic) bond motifs is 1. The zero-order valence-electron chi connectivity index (χ0n) is 18.5. The van der Waals surface area contributed by atoms with Gasteiger partial charge >= 0.3 is 6.03 Å². The van der Waals surface area contributed by atoms with Crippen LogP contribution < -0.4 is 25.0 Å². The van der Waals surface area contributed by atoms with E-state index < -0.39 is 18.0 Å². The number of ether oxygens (including phenoxy) is 2. The van der Waals surface area contributed by atoms with Crippen molar-refractivity contribution in [2.45, 2.75) is 25.4 Å². The molecule has 172 valence electrons. The van der Waals surface area contributed by atoms with Gasteiger partial charge in [0.1, 0.15) is 17.5 Å². The number of nitrogens with one attached hydrogen (secondary N) is 2. The number of aromatic nitrogens is 1. The molecule has 1 fully saturated rings. The van der Waals surface area contributed by atoms with Crippen LogP contribution in [0.2, 0.25) is 0 Å². The summed E-state index contributed by atoms with van der Waals surface area (Å²) in [4.78, 5) is 38.4. The predicted molar refractivity (Wildman–Crippen MR) is 124 cm³/mol. The van der Waals surface area contributed by atoms with E-state index in [1.54, 1.807) is 31.4 Å². The summed E-state index contributed by atoms with van der Waals surface area (Å²) in [5.74, 6) is 0.697. The first-order chi connectivity index (χ1) is 16.0. The minimum atomic E-state index is -0.886. The molecule has 3 aromatic rings. The van der Waals surface area contributed by atoms with Gasteiger partial charge in [-0.15, -0.1) is 0 Å². The third-order valence-electron chi connectivity index (χ3n) is 5.62. The summed E-state index contributed by atoms with van der Waals surface area (Å²) in [6, 6.07) is 13.1. The molecule has 0 unspecified atom stereocenters. The largest absolute Gasteiger partial charge is 0.497 e. The monoisotopic (exact) mass is 450 g/mol. The highest BCUT2D eigenvalue weighted by molar-refractivity contribution is 6.22. The molecule has 1 aliphatic heterocycles. The molecule has 2 N–H and O–H groups in total. The molecule has 0 saturated carbocycles. The van der Waals surface area contributed by atoms with Gasteiger partial charge < -0.3 is 24.7 Å². The number of nitrogens with zero attached hydrogens (tertiary/aromatic N) is 2. The van der Waals surface area contributed by atoms with E-state index in [4.69, 9.17) is 9.47 Å². The molecule has 1 aromatic heterocycles. The van der Waals surface area contributed by atoms with Crippen molar-refractivity contribution in [2.24, 2.45) is 0 Å². The van der Waals surface area contributed by atoms with Crippen LogP contribution in [0.4, 0.5) is 10.5 Å². The van der Waals surface area contributed by atoms with E-state index in [1.165, 1.54) is 7.11 Å². The molecule has 1 saturated heterocycles. The molecule has 2 aromatic carbocycles. The molecule has 9 heteroatoms. The van der Waals surface area contributed by atoms with Crippen LogP contribution in [0, 0.1) is 0 Å². The Morgan fingerprint density at radius 2 is 1.76 bits per heavy atom. The van der Waals surface area contributed by atoms with Gasteiger partial charge in [0, 0.05) is 30.2 Å². The summed E-state index contributed by atoms with van der Waals surface area (Å²) < 4.78 is 12.5. The van der Waals surface area contributed by atoms with Crippen molar-refractivity contribution in [1.82, 2.24) is 15.2 Å². The maximum Gasteiger partial charge on any atom is 0.329 e. The van der Waals surface area contributed by atoms with Gasteiger partial charge in [-0.3, -0.25) is 9.59 Å². The normalized spacial score (nSPS) is 15.6. The van der Waals surface area contributed by atoms with E-state index in [0.29, 0.717) is 18.0 Å². The number of carbonyl (C=O) groups is 3. The first-order valence-corrected chi connectivity index (χ1v) is 10.7. The fourth-order valence-corrected chi connectivity index (χ4v) is 3.88. The SMILES string of the molecule is COc1ccc(N2C(=O)N[C@@H](CC(=O)NCCCn3ccc4cc(OC)ccc43)C2=O)cc1. The van der Waals surface area contributed by atoms with Crippen molar-refractivity contribution in [3.63, 3.8) is 0 Å². The number of benzene rings is 2. The molecule has 9 nitrogen and oxygen atoms in total. The highest BCUT2D eigenvalue weighted by Gasteiger charge is 2.39. The second-order valence-corrected chi connectivity index (χ2v) is 7.72. The molecular formula is C24H26N4O5. The minimum absolute atomic E-state index is 0.108. The fraction of sp³-hybridized carbons (Fsp3) is 0.292. The first kappa shape index (κ1) is 22.2. The van der Waals surface area contributed by atoms with Crippen molar-refractivity contribution in [1.29, 1.82) is 0 Å². The van der Waals surface area contributed by atoms with E-state index in [0.717, 1.165) is 34.5 Å². The van der Waals surface area contributed by atoms with Crippen LogP contribution in [-0.4, -0.2) is 49.2 Å². The zero-order valence-corrected chi connectivity index (χ0v) is 18.5. The van der Waals surface area contributed by atoms with Crippen LogP contribution in [0.1, 0.15) is 12.8 Å². The Balaban J connectivity index is 1.26. The molecule has 4 amide bonds. The maximum absolute atomic E-state index is 12.7. The maximum atomic E-state index is 12.7. The number of methoxy groups -OCH3 is 2. The molecule has 4 rings (SSSR count). The highest BCUT2D eigenvalue weighted by atomic mass is 16.5. The van der Waals surface area contributed by atoms with Crippen LogP contribution in [0.15, 0.2) is 54.7 Å². The molecular weight excluding hydrogens is 424 g/mol. The molecule has 33 heavy (non-hydrogen) atoms. The van der Waals surface area contributed by atoms with Crippen LogP contribution in [0.5, 0.6) is 11.5 Å². The Bertz CT molecular complexity index is 1170. The number of anilines is 1. The zero-order chi connectivity index (χ0) is 23.4. The molecule has 0 aliphatic carbocycles. The molecule has 0 spiro atoms. The highest BCUT2D eigenvalue weighted by Crippen LogP contribution is 2.24. The van der Waals surface area contributed by atoms with Gasteiger partial charge in [0.2, 0.25) is 5.91 Å². The van der Waals surface area contributed by atoms with Gasteiger partial charge in [-0.1, -0.05) is 0 Å². The molecule has 0 radical (unpaired) electrons. The number of hydrogen-bond acceptors (Lipinski definition) is 5. The third-order valence-corrected chi connectivity index (χ3v) is 5.62. The average molecular weight is 450 g/mol. The van der Waals surface area contributed by atoms with Crippen molar-refractivity contribution in [3.8, 4) is 11.5 Å². The lowest BCUT2D eigenvalue weighted by atomic mass is 10.2. The minimum Gasteiger partial charge on any atom is -0.497 e. The van der Waals surface area contributed by atoms with E-state index in [1.807, 2.05) is 30.5 Å². The van der Waals surface area contributed by atoms with Crippen molar-refractivity contribution in [2.75, 3.05) is 25.7 Å². The van der Waals surface area contributed by atoms with Crippen LogP contribution >= 0.6 is 0 Å². The summed E-state index contributed by atoms with van der Waals surface area (Å²) in [6.45, 7) is 1.20. The number of hydrogen-bond donors (Lipinski definition) is 2. The van der Waals surface area contributed by atoms with Crippen LogP contribution in [0.3, 0.4) is 0 Å². The number of carbonyl (C=O) groups excluding carboxylic acids is 3. The second-order valence-electron chi connectivity index (χ2n) is 7.72. The number of imide groups is 1. The number of amides is 4. The summed E-state index contributed by atoms with van der Waals surface area (Å²) in [6.07, 6.45) is 2.63. The Hall–Kier alpha value is -4.01. The molecule has 1 aliphatic rings. The lowest BCUT2D eigenvalue weighted by Gasteiger charge is -2.13. The number of aryl methyl sites for hydroxylation is 1. The Kier molecular flexibility index (Phi) is 6.48. The number of rotatable bonds is 9. The Morgan fingerprint density at radius 3 is 2.48 bits per heavy atom. The van der Waals surface area contributed by atoms with E-state index >= 15 is 0 Å². The van der Waals surface area contributed by atoms with Crippen LogP contribution in [-0.2, 0) is 16.1 Å². The summed E-state index contributed by atoms with van der Waals surface area (Å²) in [5, 5.41) is 6.51. The average Bonchev–Trinajstić information content (AvgIpc) is 3.36. The van der Waals surface area contributed by atoms with E-state index in [2.05, 4.69) is 15.2 Å². The van der Waals surface area contributed by atoms with Gasteiger partial charge in [-0.25, -0.2) is 9.69 Å². The number of urea groups is 1. The van der Waals surface area contributed by atoms with Gasteiger partial charge in [0.05, 0.1) is 26.3 Å². The lowest BCUT2D eigenvalue weighted by molar-refractivity contribution is -0.125. The molecule has 1 atom stereocenters. The summed E-state index contributed by atoms with van der Waals surface area (Å²) in [7, 11) is 3.18. The molecule has 0 bridgehead atoms. The Labute approximate surface area is 191 Å². The molecule has 2 heterocycles. The van der Waals surface area contributed by atoms with Gasteiger partial charge in [0.25, 0.3) is 5.91 Å². The van der Waals surface area contributed by atoms with Gasteiger partial charge in [-0.2, -0.15) is 0 Å². The van der Waals surface area contributed by atoms with Crippen molar-refractivity contribution >= 4 is 34.4 Å². The summed E-state index contributed by atoms with van der Waals surface area (Å²) in [5.41, 5.74) is 1.53. The standard InChI is InChI=1S/C24H26N4O5/c1-32-18-6-4-17(5-7-18)28-23(30)20(26-24(28)31)15-22(29)25-11-3-12-27-13-10-16-14-19(33-2)8-9-21(16)27/h4-10,13-14,20H,3,11-12,15H2,1-2H3,(H,25,29)(H,26,31)/t20-/m0/s1. The third kappa shape index (κ3) is 4.77. The summed E-state index contributed by atoms with van der Waals surface area (Å²) >= 11 is 0. The lowest BCUT2D eigenvalue weighted by Crippen LogP contribution is -2.37. The quantitative estimate of drug-likeness (QED) is 0.386. The van der Waals surface area contributed by atoms with Gasteiger partial charge in [0.15, 0.2) is 0 Å². The topological polar surface area (TPSA) is 102 Å². The van der Waals surface area contributed by atoms with Crippen molar-refractivity contribution in [3.05, 3.63) is 54.7 Å². The van der Waals surface area contributed by atoms with E-state index in [-0.39, 0.29) is 12.3 Å².